The maximum Gasteiger partial charge on any atom is 0.351 e. The van der Waals surface area contributed by atoms with Crippen molar-refractivity contribution in [3.63, 3.8) is 0 Å². The molecule has 0 atom stereocenters. The van der Waals surface area contributed by atoms with Gasteiger partial charge in [-0.1, -0.05) is 29.3 Å². The molecule has 9 heteroatoms. The first-order valence-electron chi connectivity index (χ1n) is 8.63. The van der Waals surface area contributed by atoms with E-state index in [9.17, 15) is 19.5 Å². The fourth-order valence-corrected chi connectivity index (χ4v) is 3.01. The molecule has 29 heavy (non-hydrogen) atoms. The van der Waals surface area contributed by atoms with E-state index in [0.717, 1.165) is 10.5 Å². The third kappa shape index (κ3) is 4.55. The van der Waals surface area contributed by atoms with Gasteiger partial charge >= 0.3 is 6.03 Å². The van der Waals surface area contributed by atoms with Gasteiger partial charge in [0.15, 0.2) is 11.5 Å². The minimum absolute atomic E-state index is 0.00296. The highest BCUT2D eigenvalue weighted by atomic mass is 35.5. The van der Waals surface area contributed by atoms with Gasteiger partial charge in [0.1, 0.15) is 12.3 Å². The monoisotopic (exact) mass is 415 g/mol. The predicted octanol–water partition coefficient (Wildman–Crippen LogP) is 2.95. The molecule has 0 spiro atoms. The van der Waals surface area contributed by atoms with Crippen molar-refractivity contribution in [3.05, 3.63) is 52.5 Å². The molecule has 1 aliphatic rings. The fourth-order valence-electron chi connectivity index (χ4n) is 2.78. The van der Waals surface area contributed by atoms with Crippen molar-refractivity contribution >= 4 is 40.8 Å². The van der Waals surface area contributed by atoms with Crippen LogP contribution >= 0.6 is 11.6 Å². The number of anilines is 1. The molecule has 0 aliphatic carbocycles. The van der Waals surface area contributed by atoms with Crippen molar-refractivity contribution in [1.29, 1.82) is 0 Å². The largest absolute Gasteiger partial charge is 0.503 e. The van der Waals surface area contributed by atoms with Crippen LogP contribution < -0.4 is 10.1 Å². The molecule has 4 amide bonds. The molecule has 0 saturated carbocycles. The molecule has 2 aromatic rings. The van der Waals surface area contributed by atoms with E-state index < -0.39 is 24.4 Å². The Morgan fingerprint density at radius 1 is 1.24 bits per heavy atom. The lowest BCUT2D eigenvalue weighted by atomic mass is 10.1. The average Bonchev–Trinajstić information content (AvgIpc) is 2.93. The second-order valence-corrected chi connectivity index (χ2v) is 6.86. The minimum atomic E-state index is -0.805. The normalized spacial score (nSPS) is 13.5. The van der Waals surface area contributed by atoms with Crippen LogP contribution in [0.25, 0.3) is 0 Å². The van der Waals surface area contributed by atoms with Crippen molar-refractivity contribution in [2.24, 2.45) is 4.99 Å². The Kier molecular flexibility index (Phi) is 5.84. The molecule has 1 aliphatic heterocycles. The number of aryl methyl sites for hydroxylation is 1. The molecule has 0 fully saturated rings. The first-order chi connectivity index (χ1) is 13.8. The summed E-state index contributed by atoms with van der Waals surface area (Å²) in [5, 5.41) is 12.5. The predicted molar refractivity (Wildman–Crippen MR) is 108 cm³/mol. The lowest BCUT2D eigenvalue weighted by Gasteiger charge is -2.13. The van der Waals surface area contributed by atoms with Crippen LogP contribution in [0.3, 0.4) is 0 Å². The van der Waals surface area contributed by atoms with Crippen molar-refractivity contribution in [3.8, 4) is 11.5 Å². The molecule has 0 radical (unpaired) electrons. The number of methoxy groups -OCH3 is 1. The summed E-state index contributed by atoms with van der Waals surface area (Å²) in [5.41, 5.74) is 2.10. The van der Waals surface area contributed by atoms with E-state index in [1.54, 1.807) is 12.1 Å². The summed E-state index contributed by atoms with van der Waals surface area (Å²) in [5.74, 6) is -1.25. The summed E-state index contributed by atoms with van der Waals surface area (Å²) in [7, 11) is 1.37. The molecule has 150 valence electrons. The quantitative estimate of drug-likeness (QED) is 0.754. The SMILES string of the molecule is COc1cc(CC2=NC(=O)N(CC(=O)Nc3ccc(C)cc3)C2=O)cc(Cl)c1O. The fraction of sp³-hybridized carbons (Fsp3) is 0.200. The van der Waals surface area contributed by atoms with Crippen LogP contribution in [-0.4, -0.2) is 47.2 Å². The first kappa shape index (κ1) is 20.3. The Bertz CT molecular complexity index is 1020. The highest BCUT2D eigenvalue weighted by Crippen LogP contribution is 2.35. The Morgan fingerprint density at radius 2 is 1.93 bits per heavy atom. The number of urea groups is 1. The second-order valence-electron chi connectivity index (χ2n) is 6.45. The van der Waals surface area contributed by atoms with Crippen molar-refractivity contribution in [2.75, 3.05) is 19.0 Å². The number of carbonyl (C=O) groups is 3. The first-order valence-corrected chi connectivity index (χ1v) is 9.01. The van der Waals surface area contributed by atoms with E-state index in [1.165, 1.54) is 19.2 Å². The Morgan fingerprint density at radius 3 is 2.59 bits per heavy atom. The maximum atomic E-state index is 12.5. The average molecular weight is 416 g/mol. The number of hydrogen-bond donors (Lipinski definition) is 2. The third-order valence-corrected chi connectivity index (χ3v) is 4.56. The van der Waals surface area contributed by atoms with E-state index >= 15 is 0 Å². The molecule has 2 aromatic carbocycles. The molecule has 1 heterocycles. The van der Waals surface area contributed by atoms with Gasteiger partial charge in [0.2, 0.25) is 5.91 Å². The van der Waals surface area contributed by atoms with Gasteiger partial charge < -0.3 is 15.2 Å². The Hall–Kier alpha value is -3.39. The zero-order chi connectivity index (χ0) is 21.1. The number of nitrogens with one attached hydrogen (secondary N) is 1. The van der Waals surface area contributed by atoms with Gasteiger partial charge in [0.05, 0.1) is 12.1 Å². The molecule has 8 nitrogen and oxygen atoms in total. The number of hydrogen-bond acceptors (Lipinski definition) is 5. The maximum absolute atomic E-state index is 12.5. The minimum Gasteiger partial charge on any atom is -0.503 e. The van der Waals surface area contributed by atoms with Crippen molar-refractivity contribution in [1.82, 2.24) is 4.90 Å². The van der Waals surface area contributed by atoms with Crippen LogP contribution in [0.5, 0.6) is 11.5 Å². The van der Waals surface area contributed by atoms with E-state index in [0.29, 0.717) is 11.3 Å². The number of ether oxygens (including phenoxy) is 1. The number of benzene rings is 2. The zero-order valence-corrected chi connectivity index (χ0v) is 16.5. The van der Waals surface area contributed by atoms with E-state index in [-0.39, 0.29) is 28.7 Å². The van der Waals surface area contributed by atoms with Crippen LogP contribution in [0.2, 0.25) is 5.02 Å². The zero-order valence-electron chi connectivity index (χ0n) is 15.7. The van der Waals surface area contributed by atoms with Gasteiger partial charge in [-0.25, -0.2) is 9.69 Å². The van der Waals surface area contributed by atoms with Gasteiger partial charge in [-0.3, -0.25) is 9.59 Å². The summed E-state index contributed by atoms with van der Waals surface area (Å²) in [6.45, 7) is 1.47. The highest BCUT2D eigenvalue weighted by molar-refractivity contribution is 6.47. The number of halogens is 1. The molecule has 0 unspecified atom stereocenters. The van der Waals surface area contributed by atoms with Gasteiger partial charge in [0, 0.05) is 12.1 Å². The van der Waals surface area contributed by atoms with Gasteiger partial charge in [-0.2, -0.15) is 4.99 Å². The standard InChI is InChI=1S/C20H18ClN3O5/c1-11-3-5-13(6-4-11)22-17(25)10-24-19(27)15(23-20(24)28)8-12-7-14(21)18(26)16(9-12)29-2/h3-7,9,26H,8,10H2,1-2H3,(H,22,25). The summed E-state index contributed by atoms with van der Waals surface area (Å²) in [6.07, 6.45) is -0.00296. The Labute approximate surface area is 171 Å². The van der Waals surface area contributed by atoms with Crippen molar-refractivity contribution in [2.45, 2.75) is 13.3 Å². The van der Waals surface area contributed by atoms with Crippen LogP contribution in [0.15, 0.2) is 41.4 Å². The summed E-state index contributed by atoms with van der Waals surface area (Å²) >= 11 is 5.95. The molecule has 0 aromatic heterocycles. The van der Waals surface area contributed by atoms with Gasteiger partial charge in [-0.05, 0) is 36.8 Å². The highest BCUT2D eigenvalue weighted by Gasteiger charge is 2.34. The molecule has 2 N–H and O–H groups in total. The van der Waals surface area contributed by atoms with Crippen LogP contribution in [-0.2, 0) is 16.0 Å². The number of amides is 4. The summed E-state index contributed by atoms with van der Waals surface area (Å²) in [6, 6.07) is 9.26. The number of phenolic OH excluding ortho intramolecular Hbond substituents is 1. The lowest BCUT2D eigenvalue weighted by Crippen LogP contribution is -2.39. The number of aliphatic imine (C=N–C) groups is 1. The molecular formula is C20H18ClN3O5. The lowest BCUT2D eigenvalue weighted by molar-refractivity contribution is -0.125. The molecule has 0 bridgehead atoms. The second kappa shape index (κ2) is 8.32. The van der Waals surface area contributed by atoms with Crippen LogP contribution in [0.1, 0.15) is 11.1 Å². The molecule has 3 rings (SSSR count). The van der Waals surface area contributed by atoms with Crippen LogP contribution in [0.4, 0.5) is 10.5 Å². The smallest absolute Gasteiger partial charge is 0.351 e. The van der Waals surface area contributed by atoms with Crippen molar-refractivity contribution < 1.29 is 24.2 Å². The summed E-state index contributed by atoms with van der Waals surface area (Å²) in [4.78, 5) is 41.4. The number of nitrogens with zero attached hydrogens (tertiary/aromatic N) is 2. The van der Waals surface area contributed by atoms with Gasteiger partial charge in [-0.15, -0.1) is 0 Å². The third-order valence-electron chi connectivity index (χ3n) is 4.27. The van der Waals surface area contributed by atoms with E-state index in [4.69, 9.17) is 16.3 Å². The summed E-state index contributed by atoms with van der Waals surface area (Å²) < 4.78 is 5.03. The number of phenols is 1. The number of aromatic hydroxyl groups is 1. The number of imide groups is 1. The van der Waals surface area contributed by atoms with E-state index in [2.05, 4.69) is 10.3 Å². The molecular weight excluding hydrogens is 398 g/mol. The topological polar surface area (TPSA) is 108 Å². The van der Waals surface area contributed by atoms with E-state index in [1.807, 2.05) is 19.1 Å². The van der Waals surface area contributed by atoms with Gasteiger partial charge in [0.25, 0.3) is 5.91 Å². The number of carbonyl (C=O) groups excluding carboxylic acids is 3. The number of rotatable bonds is 6. The molecule has 0 saturated heterocycles. The Balaban J connectivity index is 1.67. The van der Waals surface area contributed by atoms with Crippen LogP contribution in [0, 0.1) is 6.92 Å².